The Kier molecular flexibility index (Phi) is 26.8. The van der Waals surface area contributed by atoms with E-state index in [4.69, 9.17) is 23.4 Å². The van der Waals surface area contributed by atoms with Gasteiger partial charge in [-0.2, -0.15) is 12.2 Å². The van der Waals surface area contributed by atoms with Crippen LogP contribution in [0, 0.1) is 13.2 Å². The second-order valence-electron chi connectivity index (χ2n) is 4.11. The maximum absolute atomic E-state index is 8.63. The second-order valence-corrected chi connectivity index (χ2v) is 4.11. The van der Waals surface area contributed by atoms with Crippen molar-refractivity contribution in [1.82, 2.24) is 0 Å². The van der Waals surface area contributed by atoms with Gasteiger partial charge in [0.1, 0.15) is 11.5 Å². The topological polar surface area (TPSA) is 40.5 Å². The molecule has 3 heteroatoms. The minimum Gasteiger partial charge on any atom is -0.508 e. The van der Waals surface area contributed by atoms with Crippen molar-refractivity contribution >= 4 is 0 Å². The molecule has 0 aromatic heterocycles. The van der Waals surface area contributed by atoms with Crippen molar-refractivity contribution in [2.75, 3.05) is 0 Å². The Hall–Kier alpha value is -2.12. The van der Waals surface area contributed by atoms with E-state index < -0.39 is 0 Å². The number of phenols is 2. The largest absolute Gasteiger partial charge is 2.00 e. The molecule has 2 N–H and O–H groups in total. The molecule has 0 fully saturated rings. The number of aromatic hydroxyl groups is 2. The van der Waals surface area contributed by atoms with E-state index in [9.17, 15) is 0 Å². The first-order valence-corrected chi connectivity index (χ1v) is 7.42. The number of allylic oxidation sites excluding steroid dienone is 6. The van der Waals surface area contributed by atoms with Gasteiger partial charge in [0.05, 0.1) is 0 Å². The van der Waals surface area contributed by atoms with Crippen LogP contribution in [-0.4, -0.2) is 10.2 Å². The van der Waals surface area contributed by atoms with Gasteiger partial charge < -0.3 is 10.2 Å². The van der Waals surface area contributed by atoms with Gasteiger partial charge in [0, 0.05) is 0 Å². The molecule has 2 aromatic carbocycles. The molecule has 2 nitrogen and oxygen atoms in total. The molecule has 0 atom stereocenters. The fourth-order valence-electron chi connectivity index (χ4n) is 1.08. The number of phenolic OH excluding ortho intramolecular Hbond substituents is 2. The third-order valence-corrected chi connectivity index (χ3v) is 2.12. The van der Waals surface area contributed by atoms with E-state index in [1.165, 1.54) is 12.2 Å². The van der Waals surface area contributed by atoms with Crippen molar-refractivity contribution in [1.29, 1.82) is 0 Å². The first-order chi connectivity index (χ1) is 11.6. The monoisotopic (exact) mass is 412 g/mol. The van der Waals surface area contributed by atoms with Crippen LogP contribution in [0.5, 0.6) is 11.5 Å². The van der Waals surface area contributed by atoms with E-state index in [0.717, 1.165) is 0 Å². The summed E-state index contributed by atoms with van der Waals surface area (Å²) in [4.78, 5) is 0. The summed E-state index contributed by atoms with van der Waals surface area (Å²) in [5, 5.41) is 17.3. The molecule has 0 aliphatic rings. The second kappa shape index (κ2) is 24.1. The summed E-state index contributed by atoms with van der Waals surface area (Å²) >= 11 is 0. The first kappa shape index (κ1) is 27.7. The molecule has 2 aromatic rings. The summed E-state index contributed by atoms with van der Waals surface area (Å²) in [6, 6.07) is 17.4. The van der Waals surface area contributed by atoms with Crippen LogP contribution in [0.3, 0.4) is 0 Å². The van der Waals surface area contributed by atoms with Gasteiger partial charge in [-0.05, 0) is 24.3 Å². The van der Waals surface area contributed by atoms with Gasteiger partial charge in [0.15, 0.2) is 0 Å². The number of para-hydroxylation sites is 2. The quantitative estimate of drug-likeness (QED) is 0.476. The number of benzene rings is 2. The van der Waals surface area contributed by atoms with Gasteiger partial charge in [-0.1, -0.05) is 50.2 Å². The third kappa shape index (κ3) is 27.1. The van der Waals surface area contributed by atoms with Crippen molar-refractivity contribution < 1.29 is 36.4 Å². The predicted octanol–water partition coefficient (Wildman–Crippen LogP) is 5.89. The van der Waals surface area contributed by atoms with Crippen molar-refractivity contribution in [3.8, 4) is 11.5 Å². The molecule has 25 heavy (non-hydrogen) atoms. The van der Waals surface area contributed by atoms with Crippen LogP contribution in [-0.2, 0) is 26.2 Å². The molecule has 0 aliphatic carbocycles. The van der Waals surface area contributed by atoms with Crippen LogP contribution in [0.15, 0.2) is 97.1 Å². The maximum Gasteiger partial charge on any atom is 2.00 e. The molecule has 0 bridgehead atoms. The molecular weight excluding hydrogens is 387 g/mol. The Balaban J connectivity index is -0.000000259. The van der Waals surface area contributed by atoms with E-state index in [2.05, 4.69) is 0 Å². The van der Waals surface area contributed by atoms with Gasteiger partial charge in [-0.15, -0.1) is 0 Å². The fourth-order valence-corrected chi connectivity index (χ4v) is 1.08. The van der Waals surface area contributed by atoms with Crippen LogP contribution in [0.1, 0.15) is 13.8 Å². The van der Waals surface area contributed by atoms with Crippen LogP contribution >= 0.6 is 0 Å². The molecule has 0 amide bonds. The Morgan fingerprint density at radius 2 is 0.920 bits per heavy atom. The molecule has 0 saturated heterocycles. The number of hydrogen-bond acceptors (Lipinski definition) is 2. The summed E-state index contributed by atoms with van der Waals surface area (Å²) in [7, 11) is 0. The molecule has 0 heterocycles. The van der Waals surface area contributed by atoms with E-state index in [1.807, 2.05) is 38.1 Å². The molecule has 130 valence electrons. The summed E-state index contributed by atoms with van der Waals surface area (Å²) in [5.74, 6) is 0.644. The van der Waals surface area contributed by atoms with Gasteiger partial charge >= 0.3 is 26.2 Å². The zero-order valence-corrected chi connectivity index (χ0v) is 17.2. The summed E-state index contributed by atoms with van der Waals surface area (Å²) < 4.78 is 0. The van der Waals surface area contributed by atoms with E-state index >= 15 is 0 Å². The van der Waals surface area contributed by atoms with Gasteiger partial charge in [0.2, 0.25) is 0 Å². The summed E-state index contributed by atoms with van der Waals surface area (Å²) in [5.41, 5.74) is 0. The van der Waals surface area contributed by atoms with Crippen LogP contribution in [0.4, 0.5) is 0 Å². The molecular formula is C22H26O2Zr. The van der Waals surface area contributed by atoms with Crippen LogP contribution < -0.4 is 0 Å². The molecule has 0 unspecified atom stereocenters. The zero-order chi connectivity index (χ0) is 18.5. The standard InChI is InChI=1S/2C6H6O.2C5H7.Zr/c2*7-6-4-2-1-3-5-6;2*1-3-5-4-2;/h2*1-5,7H;2*1,3-5H,2H3;/q;;2*-1;+2. The normalized spacial score (nSPS) is 8.40. The Bertz CT molecular complexity index is 508. The number of rotatable bonds is 2. The minimum absolute atomic E-state index is 0. The van der Waals surface area contributed by atoms with Gasteiger partial charge in [0.25, 0.3) is 0 Å². The average molecular weight is 414 g/mol. The SMILES string of the molecule is Oc1ccccc1.Oc1ccccc1.[CH-]=CC=CC.[CH-]=CC=CC.[Zr+2]. The van der Waals surface area contributed by atoms with E-state index in [1.54, 1.807) is 60.7 Å². The minimum atomic E-state index is 0. The zero-order valence-electron chi connectivity index (χ0n) is 14.8. The Morgan fingerprint density at radius 3 is 1.00 bits per heavy atom. The van der Waals surface area contributed by atoms with Crippen molar-refractivity contribution in [3.05, 3.63) is 110 Å². The molecule has 0 saturated carbocycles. The first-order valence-electron chi connectivity index (χ1n) is 7.42. The van der Waals surface area contributed by atoms with Crippen molar-refractivity contribution in [2.45, 2.75) is 13.8 Å². The Morgan fingerprint density at radius 1 is 0.640 bits per heavy atom. The van der Waals surface area contributed by atoms with E-state index in [0.29, 0.717) is 11.5 Å². The molecule has 0 radical (unpaired) electrons. The fraction of sp³-hybridized carbons (Fsp3) is 0.0909. The van der Waals surface area contributed by atoms with Gasteiger partial charge in [-0.3, -0.25) is 13.2 Å². The van der Waals surface area contributed by atoms with Crippen molar-refractivity contribution in [3.63, 3.8) is 0 Å². The molecule has 2 rings (SSSR count). The maximum atomic E-state index is 8.63. The molecule has 0 spiro atoms. The van der Waals surface area contributed by atoms with Crippen LogP contribution in [0.2, 0.25) is 0 Å². The summed E-state index contributed by atoms with van der Waals surface area (Å²) in [6.45, 7) is 13.7. The average Bonchev–Trinajstić information content (AvgIpc) is 2.59. The Labute approximate surface area is 171 Å². The molecule has 0 aliphatic heterocycles. The van der Waals surface area contributed by atoms with Gasteiger partial charge in [-0.25, -0.2) is 24.3 Å². The van der Waals surface area contributed by atoms with Crippen LogP contribution in [0.25, 0.3) is 0 Å². The predicted molar refractivity (Wildman–Crippen MR) is 104 cm³/mol. The third-order valence-electron chi connectivity index (χ3n) is 2.12. The van der Waals surface area contributed by atoms with E-state index in [-0.39, 0.29) is 26.2 Å². The summed E-state index contributed by atoms with van der Waals surface area (Å²) in [6.07, 6.45) is 10.3. The van der Waals surface area contributed by atoms with Crippen molar-refractivity contribution in [2.24, 2.45) is 0 Å². The number of hydrogen-bond donors (Lipinski definition) is 2. The smallest absolute Gasteiger partial charge is 0.508 e.